The van der Waals surface area contributed by atoms with E-state index in [1.54, 1.807) is 11.1 Å². The lowest BCUT2D eigenvalue weighted by molar-refractivity contribution is -0.0573. The Bertz CT molecular complexity index is 1800. The minimum absolute atomic E-state index is 0.0766. The van der Waals surface area contributed by atoms with Crippen LogP contribution < -0.4 is 0 Å². The third kappa shape index (κ3) is 14.3. The highest BCUT2D eigenvalue weighted by molar-refractivity contribution is 5.64. The third-order valence-corrected chi connectivity index (χ3v) is 21.8. The Balaban J connectivity index is 0.000000159. The number of hydrogen-bond donors (Lipinski definition) is 2. The molecule has 394 valence electrons. The van der Waals surface area contributed by atoms with Gasteiger partial charge in [-0.1, -0.05) is 186 Å². The van der Waals surface area contributed by atoms with Gasteiger partial charge in [0.1, 0.15) is 0 Å². The van der Waals surface area contributed by atoms with E-state index >= 15 is 0 Å². The molecule has 0 amide bonds. The first-order chi connectivity index (χ1) is 33.9. The maximum Gasteiger partial charge on any atom is 0.0577 e. The second-order valence-electron chi connectivity index (χ2n) is 26.6. The molecule has 7 aliphatic rings. The van der Waals surface area contributed by atoms with E-state index in [0.29, 0.717) is 23.4 Å². The highest BCUT2D eigenvalue weighted by Crippen LogP contribution is 2.67. The van der Waals surface area contributed by atoms with Crippen molar-refractivity contribution in [1.82, 2.24) is 0 Å². The normalized spacial score (nSPS) is 35.5. The molecule has 7 aliphatic carbocycles. The minimum Gasteiger partial charge on any atom is -0.396 e. The average molecular weight is 960 g/mol. The fraction of sp³-hybridized carbons (Fsp3) is 0.794. The number of unbranched alkanes of at least 4 members (excludes halogenated alkanes) is 2. The van der Waals surface area contributed by atoms with E-state index in [-0.39, 0.29) is 6.10 Å². The van der Waals surface area contributed by atoms with Crippen molar-refractivity contribution in [1.29, 1.82) is 0 Å². The zero-order chi connectivity index (χ0) is 49.7. The Kier molecular flexibility index (Phi) is 21.6. The van der Waals surface area contributed by atoms with E-state index in [2.05, 4.69) is 110 Å². The van der Waals surface area contributed by atoms with Gasteiger partial charge in [0.05, 0.1) is 6.10 Å². The number of benzene rings is 2. The molecule has 8 atom stereocenters. The predicted molar refractivity (Wildman–Crippen MR) is 302 cm³/mol. The van der Waals surface area contributed by atoms with Gasteiger partial charge in [0.15, 0.2) is 0 Å². The molecular weight excluding hydrogens is 849 g/mol. The summed E-state index contributed by atoms with van der Waals surface area (Å²) in [6, 6.07) is 18.4. The van der Waals surface area contributed by atoms with Crippen molar-refractivity contribution >= 4 is 0 Å². The zero-order valence-electron chi connectivity index (χ0n) is 47.0. The van der Waals surface area contributed by atoms with Crippen molar-refractivity contribution in [3.8, 4) is 11.1 Å². The van der Waals surface area contributed by atoms with Crippen molar-refractivity contribution in [3.05, 3.63) is 71.3 Å². The molecule has 70 heavy (non-hydrogen) atoms. The average Bonchev–Trinajstić information content (AvgIpc) is 3.75. The number of fused-ring (bicyclic) bond motifs is 5. The van der Waals surface area contributed by atoms with Crippen molar-refractivity contribution in [2.45, 2.75) is 260 Å². The summed E-state index contributed by atoms with van der Waals surface area (Å²) in [5.41, 5.74) is 8.26. The quantitative estimate of drug-likeness (QED) is 0.130. The van der Waals surface area contributed by atoms with Crippen molar-refractivity contribution in [2.75, 3.05) is 6.61 Å². The molecule has 2 aromatic carbocycles. The summed E-state index contributed by atoms with van der Waals surface area (Å²) >= 11 is 0. The molecule has 2 nitrogen and oxygen atoms in total. The van der Waals surface area contributed by atoms with Crippen LogP contribution in [-0.2, 0) is 6.42 Å². The van der Waals surface area contributed by atoms with Crippen LogP contribution in [0.4, 0.5) is 0 Å². The van der Waals surface area contributed by atoms with Crippen LogP contribution in [0, 0.1) is 75.9 Å². The topological polar surface area (TPSA) is 40.5 Å². The smallest absolute Gasteiger partial charge is 0.0577 e. The highest BCUT2D eigenvalue weighted by atomic mass is 16.3. The van der Waals surface area contributed by atoms with Crippen LogP contribution in [0.5, 0.6) is 0 Å². The summed E-state index contributed by atoms with van der Waals surface area (Å²) in [4.78, 5) is 0. The summed E-state index contributed by atoms with van der Waals surface area (Å²) in [6.07, 6.45) is 43.8. The number of aliphatic hydroxyl groups excluding tert-OH is 2. The summed E-state index contributed by atoms with van der Waals surface area (Å²) < 4.78 is 0. The molecule has 0 radical (unpaired) electrons. The highest BCUT2D eigenvalue weighted by Gasteiger charge is 2.59. The molecule has 0 aliphatic heterocycles. The van der Waals surface area contributed by atoms with Gasteiger partial charge in [0.25, 0.3) is 0 Å². The van der Waals surface area contributed by atoms with E-state index in [9.17, 15) is 10.2 Å². The Labute approximate surface area is 433 Å². The van der Waals surface area contributed by atoms with Crippen LogP contribution >= 0.6 is 0 Å². The first kappa shape index (κ1) is 55.8. The lowest BCUT2D eigenvalue weighted by Gasteiger charge is -2.58. The molecular formula is C68H110O2. The van der Waals surface area contributed by atoms with Crippen molar-refractivity contribution in [2.24, 2.45) is 75.9 Å². The number of aryl methyl sites for hydroxylation is 1. The molecule has 6 fully saturated rings. The SMILES string of the molecule is CC(C)CCC[C@@H](C)[C@H]1CC[C@H]2[C@@H]3CC=C4C[C@@H](O)CC[C@]4(C)[C@H]3CC[C@]12C.CCCC1CCC(C2CCC(CO)CC2)CC1.CCCCCC1CCC(c2ccc(-c3ccc(CC)cc3)cc2)CC1. The maximum atomic E-state index is 10.2. The molecule has 0 saturated heterocycles. The molecule has 0 aromatic heterocycles. The largest absolute Gasteiger partial charge is 0.396 e. The fourth-order valence-corrected chi connectivity index (χ4v) is 17.2. The summed E-state index contributed by atoms with van der Waals surface area (Å²) in [6.45, 7) is 19.8. The number of hydrogen-bond acceptors (Lipinski definition) is 2. The van der Waals surface area contributed by atoms with Crippen LogP contribution in [0.15, 0.2) is 60.2 Å². The van der Waals surface area contributed by atoms with E-state index in [1.165, 1.54) is 190 Å². The van der Waals surface area contributed by atoms with Gasteiger partial charge in [0.2, 0.25) is 0 Å². The Hall–Kier alpha value is -1.90. The molecule has 0 heterocycles. The molecule has 0 unspecified atom stereocenters. The Morgan fingerprint density at radius 1 is 0.586 bits per heavy atom. The van der Waals surface area contributed by atoms with Gasteiger partial charge in [-0.25, -0.2) is 0 Å². The molecule has 0 bridgehead atoms. The lowest BCUT2D eigenvalue weighted by atomic mass is 9.47. The fourth-order valence-electron chi connectivity index (χ4n) is 17.2. The Morgan fingerprint density at radius 3 is 1.80 bits per heavy atom. The van der Waals surface area contributed by atoms with Gasteiger partial charge in [0, 0.05) is 6.61 Å². The second-order valence-corrected chi connectivity index (χ2v) is 26.6. The van der Waals surface area contributed by atoms with Crippen LogP contribution in [0.1, 0.15) is 259 Å². The van der Waals surface area contributed by atoms with Gasteiger partial charge in [-0.3, -0.25) is 0 Å². The summed E-state index contributed by atoms with van der Waals surface area (Å²) in [5, 5.41) is 19.4. The molecule has 0 spiro atoms. The summed E-state index contributed by atoms with van der Waals surface area (Å²) in [7, 11) is 0. The number of rotatable bonds is 16. The standard InChI is InChI=1S/C27H46O.C25H34.C16H30O/c1-18(2)7-6-8-19(3)23-11-12-24-22-10-9-20-17-21(28)13-15-26(20,4)25(22)14-16-27(23,24)5;1-3-5-6-7-21-10-14-23(15-11-21)25-18-16-24(17-19-25)22-12-8-20(4-2)9-13-22;1-2-3-13-4-8-15(9-5-13)16-10-6-14(12-17)7-11-16/h9,18-19,21-25,28H,6-8,10-17H2,1-5H3;8-9,12-13,16-19,21,23H,3-7,10-11,14-15H2,1-2H3;13-17H,2-12H2,1H3/t19-,21+,22+,23-,24+,25+,26+,27-;;/m1../s1. The molecule has 6 saturated carbocycles. The van der Waals surface area contributed by atoms with Crippen LogP contribution in [0.25, 0.3) is 11.1 Å². The monoisotopic (exact) mass is 959 g/mol. The van der Waals surface area contributed by atoms with Gasteiger partial charge in [-0.05, 0) is 226 Å². The first-order valence-corrected chi connectivity index (χ1v) is 31.1. The molecule has 2 aromatic rings. The van der Waals surface area contributed by atoms with Crippen LogP contribution in [-0.4, -0.2) is 22.9 Å². The van der Waals surface area contributed by atoms with Gasteiger partial charge >= 0.3 is 0 Å². The maximum absolute atomic E-state index is 10.2. The molecule has 9 rings (SSSR count). The van der Waals surface area contributed by atoms with Gasteiger partial charge in [-0.2, -0.15) is 0 Å². The van der Waals surface area contributed by atoms with Crippen molar-refractivity contribution in [3.63, 3.8) is 0 Å². The first-order valence-electron chi connectivity index (χ1n) is 31.1. The van der Waals surface area contributed by atoms with E-state index < -0.39 is 0 Å². The van der Waals surface area contributed by atoms with Gasteiger partial charge < -0.3 is 10.2 Å². The van der Waals surface area contributed by atoms with E-state index in [0.717, 1.165) is 84.4 Å². The molecule has 2 N–H and O–H groups in total. The Morgan fingerprint density at radius 2 is 1.20 bits per heavy atom. The lowest BCUT2D eigenvalue weighted by Crippen LogP contribution is -2.50. The van der Waals surface area contributed by atoms with E-state index in [4.69, 9.17) is 0 Å². The zero-order valence-corrected chi connectivity index (χ0v) is 47.0. The number of aliphatic hydroxyl groups is 2. The second kappa shape index (κ2) is 27.1. The third-order valence-electron chi connectivity index (χ3n) is 21.8. The van der Waals surface area contributed by atoms with Gasteiger partial charge in [-0.15, -0.1) is 0 Å². The minimum atomic E-state index is -0.0766. The predicted octanol–water partition coefficient (Wildman–Crippen LogP) is 19.6. The summed E-state index contributed by atoms with van der Waals surface area (Å²) in [5.74, 6) is 11.0. The van der Waals surface area contributed by atoms with Crippen LogP contribution in [0.2, 0.25) is 0 Å². The van der Waals surface area contributed by atoms with E-state index in [1.807, 2.05) is 0 Å². The van der Waals surface area contributed by atoms with Crippen LogP contribution in [0.3, 0.4) is 0 Å². The molecule has 2 heteroatoms. The van der Waals surface area contributed by atoms with Crippen molar-refractivity contribution < 1.29 is 10.2 Å². The number of allylic oxidation sites excluding steroid dienone is 1.